The quantitative estimate of drug-likeness (QED) is 0.320. The summed E-state index contributed by atoms with van der Waals surface area (Å²) in [4.78, 5) is 15.8. The molecule has 5 rings (SSSR count). The lowest BCUT2D eigenvalue weighted by Crippen LogP contribution is -2.35. The Morgan fingerprint density at radius 3 is 2.42 bits per heavy atom. The molecule has 0 unspecified atom stereocenters. The zero-order valence-electron chi connectivity index (χ0n) is 19.8. The summed E-state index contributed by atoms with van der Waals surface area (Å²) in [6, 6.07) is 26.9. The average Bonchev–Trinajstić information content (AvgIpc) is 3.34. The highest BCUT2D eigenvalue weighted by Crippen LogP contribution is 2.42. The predicted molar refractivity (Wildman–Crippen MR) is 137 cm³/mol. The highest BCUT2D eigenvalue weighted by molar-refractivity contribution is 5.80. The van der Waals surface area contributed by atoms with Crippen LogP contribution in [0.25, 0.3) is 28.2 Å². The van der Waals surface area contributed by atoms with Crippen molar-refractivity contribution in [1.29, 1.82) is 0 Å². The molecule has 0 amide bonds. The number of carboxylic acids is 1. The van der Waals surface area contributed by atoms with Crippen LogP contribution in [-0.4, -0.2) is 33.4 Å². The van der Waals surface area contributed by atoms with Crippen molar-refractivity contribution < 1.29 is 24.2 Å². The molecule has 2 N–H and O–H groups in total. The highest BCUT2D eigenvalue weighted by atomic mass is 16.5. The van der Waals surface area contributed by atoms with Crippen molar-refractivity contribution in [3.8, 4) is 28.3 Å². The van der Waals surface area contributed by atoms with E-state index in [-0.39, 0.29) is 0 Å². The van der Waals surface area contributed by atoms with Crippen LogP contribution in [0.2, 0.25) is 0 Å². The molecule has 0 radical (unpaired) electrons. The second-order valence-electron chi connectivity index (χ2n) is 8.98. The molecule has 6 nitrogen and oxygen atoms in total. The van der Waals surface area contributed by atoms with E-state index >= 15 is 0 Å². The van der Waals surface area contributed by atoms with Crippen LogP contribution in [0, 0.1) is 0 Å². The van der Waals surface area contributed by atoms with E-state index in [4.69, 9.17) is 19.2 Å². The van der Waals surface area contributed by atoms with Gasteiger partial charge in [-0.05, 0) is 37.0 Å². The minimum Gasteiger partial charge on any atom is -0.482 e. The van der Waals surface area contributed by atoms with Gasteiger partial charge < -0.3 is 19.4 Å². The van der Waals surface area contributed by atoms with Gasteiger partial charge >= 0.3 is 5.97 Å². The number of carbonyl (C=O) groups is 1. The number of oxazole rings is 1. The molecule has 0 saturated heterocycles. The average molecular weight is 482 g/mol. The molecule has 6 heteroatoms. The van der Waals surface area contributed by atoms with Crippen LogP contribution in [0.15, 0.2) is 95.4 Å². The zero-order valence-corrected chi connectivity index (χ0v) is 19.8. The summed E-state index contributed by atoms with van der Waals surface area (Å²) in [6.45, 7) is -0.417. The maximum Gasteiger partial charge on any atom is 0.341 e. The topological polar surface area (TPSA) is 92.8 Å². The number of nitrogens with zero attached hydrogens (tertiary/aromatic N) is 1. The van der Waals surface area contributed by atoms with E-state index in [0.29, 0.717) is 35.8 Å². The Morgan fingerprint density at radius 2 is 1.69 bits per heavy atom. The maximum absolute atomic E-state index is 11.9. The maximum atomic E-state index is 11.9. The summed E-state index contributed by atoms with van der Waals surface area (Å²) in [5.74, 6) is 0.487. The van der Waals surface area contributed by atoms with Crippen LogP contribution >= 0.6 is 0 Å². The van der Waals surface area contributed by atoms with Crippen molar-refractivity contribution in [1.82, 2.24) is 4.98 Å². The molecular weight excluding hydrogens is 454 g/mol. The lowest BCUT2D eigenvalue weighted by Gasteiger charge is -2.32. The minimum atomic E-state index is -1.18. The normalized spacial score (nSPS) is 17.4. The first kappa shape index (κ1) is 23.6. The molecule has 1 aromatic heterocycles. The molecular formula is C30H27NO5. The van der Waals surface area contributed by atoms with Gasteiger partial charge in [-0.1, -0.05) is 78.9 Å². The molecule has 1 atom stereocenters. The van der Waals surface area contributed by atoms with Crippen LogP contribution < -0.4 is 4.74 Å². The Bertz CT molecular complexity index is 1320. The van der Waals surface area contributed by atoms with Gasteiger partial charge in [-0.15, -0.1) is 0 Å². The SMILES string of the molecule is O=C(O)COc1cccc(C[C@@]2(O)CCCC=C2c2nc(-c3ccccc3)c(-c3ccccc3)o2)c1. The third kappa shape index (κ3) is 5.09. The number of benzene rings is 3. The number of aliphatic hydroxyl groups is 1. The molecule has 0 saturated carbocycles. The Balaban J connectivity index is 1.51. The smallest absolute Gasteiger partial charge is 0.341 e. The molecule has 36 heavy (non-hydrogen) atoms. The summed E-state index contributed by atoms with van der Waals surface area (Å²) in [7, 11) is 0. The zero-order chi connectivity index (χ0) is 25.0. The molecule has 4 aromatic rings. The number of aliphatic carboxylic acids is 1. The van der Waals surface area contributed by atoms with Gasteiger partial charge in [0.05, 0.1) is 5.60 Å². The van der Waals surface area contributed by atoms with Crippen molar-refractivity contribution in [2.45, 2.75) is 31.3 Å². The van der Waals surface area contributed by atoms with Crippen molar-refractivity contribution in [2.75, 3.05) is 6.61 Å². The van der Waals surface area contributed by atoms with E-state index in [2.05, 4.69) is 0 Å². The fourth-order valence-corrected chi connectivity index (χ4v) is 4.68. The Hall–Kier alpha value is -4.16. The summed E-state index contributed by atoms with van der Waals surface area (Å²) < 4.78 is 11.7. The lowest BCUT2D eigenvalue weighted by molar-refractivity contribution is -0.139. The van der Waals surface area contributed by atoms with E-state index in [1.165, 1.54) is 0 Å². The molecule has 1 heterocycles. The number of carboxylic acid groups (broad SMARTS) is 1. The monoisotopic (exact) mass is 481 g/mol. The molecule has 0 bridgehead atoms. The van der Waals surface area contributed by atoms with E-state index in [0.717, 1.165) is 35.2 Å². The minimum absolute atomic E-state index is 0.326. The molecule has 1 aliphatic carbocycles. The summed E-state index contributed by atoms with van der Waals surface area (Å²) in [5.41, 5.74) is 2.91. The number of aromatic nitrogens is 1. The van der Waals surface area contributed by atoms with Gasteiger partial charge in [0.1, 0.15) is 11.4 Å². The first-order valence-electron chi connectivity index (χ1n) is 12.0. The van der Waals surface area contributed by atoms with Crippen molar-refractivity contribution in [2.24, 2.45) is 0 Å². The van der Waals surface area contributed by atoms with Gasteiger partial charge in [-0.25, -0.2) is 9.78 Å². The summed E-state index contributed by atoms with van der Waals surface area (Å²) >= 11 is 0. The molecule has 0 spiro atoms. The number of rotatable bonds is 8. The van der Waals surface area contributed by atoms with Gasteiger partial charge in [-0.3, -0.25) is 0 Å². The van der Waals surface area contributed by atoms with Crippen molar-refractivity contribution >= 4 is 11.5 Å². The highest BCUT2D eigenvalue weighted by Gasteiger charge is 2.38. The molecule has 1 aliphatic rings. The number of allylic oxidation sites excluding steroid dienone is 1. The van der Waals surface area contributed by atoms with Crippen LogP contribution in [0.4, 0.5) is 0 Å². The second-order valence-corrected chi connectivity index (χ2v) is 8.98. The third-order valence-corrected chi connectivity index (χ3v) is 6.34. The fraction of sp³-hybridized carbons (Fsp3) is 0.200. The van der Waals surface area contributed by atoms with Gasteiger partial charge in [0.2, 0.25) is 5.89 Å². The van der Waals surface area contributed by atoms with E-state index in [1.807, 2.05) is 72.8 Å². The lowest BCUT2D eigenvalue weighted by atomic mass is 9.78. The van der Waals surface area contributed by atoms with Crippen LogP contribution in [0.5, 0.6) is 5.75 Å². The number of hydrogen-bond donors (Lipinski definition) is 2. The van der Waals surface area contributed by atoms with Crippen molar-refractivity contribution in [3.63, 3.8) is 0 Å². The molecule has 0 fully saturated rings. The van der Waals surface area contributed by atoms with Gasteiger partial charge in [0.15, 0.2) is 12.4 Å². The van der Waals surface area contributed by atoms with Crippen LogP contribution in [0.1, 0.15) is 30.7 Å². The molecule has 0 aliphatic heterocycles. The van der Waals surface area contributed by atoms with Gasteiger partial charge in [0.25, 0.3) is 0 Å². The van der Waals surface area contributed by atoms with E-state index < -0.39 is 18.2 Å². The summed E-state index contributed by atoms with van der Waals surface area (Å²) in [6.07, 6.45) is 4.56. The number of ether oxygens (including phenoxy) is 1. The fourth-order valence-electron chi connectivity index (χ4n) is 4.68. The first-order chi connectivity index (χ1) is 17.5. The largest absolute Gasteiger partial charge is 0.482 e. The van der Waals surface area contributed by atoms with Gasteiger partial charge in [-0.2, -0.15) is 0 Å². The van der Waals surface area contributed by atoms with Crippen molar-refractivity contribution in [3.05, 3.63) is 102 Å². The Morgan fingerprint density at radius 1 is 0.972 bits per heavy atom. The molecule has 3 aromatic carbocycles. The molecule has 182 valence electrons. The predicted octanol–water partition coefficient (Wildman–Crippen LogP) is 6.01. The van der Waals surface area contributed by atoms with E-state index in [9.17, 15) is 9.90 Å². The van der Waals surface area contributed by atoms with E-state index in [1.54, 1.807) is 18.2 Å². The van der Waals surface area contributed by atoms with Crippen LogP contribution in [-0.2, 0) is 11.2 Å². The third-order valence-electron chi connectivity index (χ3n) is 6.34. The number of hydrogen-bond acceptors (Lipinski definition) is 5. The second kappa shape index (κ2) is 10.2. The Kier molecular flexibility index (Phi) is 6.69. The first-order valence-corrected chi connectivity index (χ1v) is 12.0. The van der Waals surface area contributed by atoms with Crippen LogP contribution in [0.3, 0.4) is 0 Å². The Labute approximate surface area is 209 Å². The van der Waals surface area contributed by atoms with Gasteiger partial charge in [0, 0.05) is 23.1 Å². The summed E-state index contributed by atoms with van der Waals surface area (Å²) in [5, 5.41) is 20.8. The standard InChI is InChI=1S/C30H27NO5/c32-26(33)20-35-24-15-9-10-21(18-24)19-30(34)17-8-7-16-25(30)29-31-27(22-11-3-1-4-12-22)28(36-29)23-13-5-2-6-14-23/h1-6,9-16,18,34H,7-8,17,19-20H2,(H,32,33)/t30-/m0/s1.